The molecule has 2 aromatic carbocycles. The van der Waals surface area contributed by atoms with E-state index in [1.807, 2.05) is 48.5 Å². The molecule has 1 aromatic heterocycles. The van der Waals surface area contributed by atoms with E-state index in [1.165, 1.54) is 0 Å². The third-order valence-corrected chi connectivity index (χ3v) is 7.77. The lowest BCUT2D eigenvalue weighted by molar-refractivity contribution is -0.131. The number of benzene rings is 2. The van der Waals surface area contributed by atoms with E-state index in [9.17, 15) is 14.4 Å². The number of amides is 3. The van der Waals surface area contributed by atoms with Gasteiger partial charge in [0.2, 0.25) is 11.8 Å². The maximum Gasteiger partial charge on any atom is 0.273 e. The maximum atomic E-state index is 14.5. The summed E-state index contributed by atoms with van der Waals surface area (Å²) >= 11 is 0. The number of fused-ring (bicyclic) bond motifs is 6. The number of likely N-dealkylation sites (N-methyl/N-ethyl adjacent to an activating group) is 1. The van der Waals surface area contributed by atoms with Gasteiger partial charge in [-0.2, -0.15) is 0 Å². The van der Waals surface area contributed by atoms with E-state index in [0.717, 1.165) is 16.8 Å². The fourth-order valence-electron chi connectivity index (χ4n) is 6.01. The van der Waals surface area contributed by atoms with E-state index in [2.05, 4.69) is 4.98 Å². The zero-order chi connectivity index (χ0) is 25.6. The first-order valence-electron chi connectivity index (χ1n) is 12.6. The Hall–Kier alpha value is -4.20. The molecule has 4 bridgehead atoms. The van der Waals surface area contributed by atoms with Gasteiger partial charge in [0.25, 0.3) is 5.91 Å². The first-order chi connectivity index (χ1) is 18.0. The largest absolute Gasteiger partial charge is 0.494 e. The topological polar surface area (TPSA) is 83.1 Å². The van der Waals surface area contributed by atoms with E-state index in [4.69, 9.17) is 4.74 Å². The second kappa shape index (κ2) is 9.03. The summed E-state index contributed by atoms with van der Waals surface area (Å²) in [7, 11) is 1.75. The summed E-state index contributed by atoms with van der Waals surface area (Å²) < 4.78 is 6.03. The number of para-hydroxylation sites is 1. The number of nitrogens with zero attached hydrogens (tertiary/aromatic N) is 4. The number of likely N-dealkylation sites (tertiary alicyclic amines) is 1. The monoisotopic (exact) mass is 496 g/mol. The van der Waals surface area contributed by atoms with E-state index >= 15 is 0 Å². The number of rotatable bonds is 1. The van der Waals surface area contributed by atoms with Gasteiger partial charge in [-0.1, -0.05) is 36.4 Å². The minimum absolute atomic E-state index is 0.0457. The van der Waals surface area contributed by atoms with Crippen molar-refractivity contribution in [1.82, 2.24) is 14.8 Å². The summed E-state index contributed by atoms with van der Waals surface area (Å²) in [5, 5.41) is 0. The lowest BCUT2D eigenvalue weighted by Crippen LogP contribution is -2.48. The Morgan fingerprint density at radius 1 is 1.03 bits per heavy atom. The Morgan fingerprint density at radius 2 is 1.86 bits per heavy atom. The predicted molar refractivity (Wildman–Crippen MR) is 137 cm³/mol. The first kappa shape index (κ1) is 23.2. The Labute approximate surface area is 215 Å². The summed E-state index contributed by atoms with van der Waals surface area (Å²) in [5.41, 5.74) is 1.71. The van der Waals surface area contributed by atoms with Crippen LogP contribution in [-0.4, -0.2) is 65.8 Å². The maximum absolute atomic E-state index is 14.5. The summed E-state index contributed by atoms with van der Waals surface area (Å²) in [6.45, 7) is 1.32. The molecule has 3 aromatic rings. The van der Waals surface area contributed by atoms with Gasteiger partial charge in [-0.25, -0.2) is 0 Å². The second-order valence-corrected chi connectivity index (χ2v) is 9.84. The van der Waals surface area contributed by atoms with Gasteiger partial charge in [-0.05, 0) is 54.3 Å². The Balaban J connectivity index is 1.55. The van der Waals surface area contributed by atoms with Gasteiger partial charge in [0, 0.05) is 32.0 Å². The number of anilines is 1. The van der Waals surface area contributed by atoms with Gasteiger partial charge in [0.1, 0.15) is 23.4 Å². The fraction of sp³-hybridized carbons (Fsp3) is 0.310. The van der Waals surface area contributed by atoms with Crippen molar-refractivity contribution < 1.29 is 19.1 Å². The molecule has 1 saturated heterocycles. The lowest BCUT2D eigenvalue weighted by Gasteiger charge is -2.35. The van der Waals surface area contributed by atoms with Gasteiger partial charge in [0.05, 0.1) is 12.6 Å². The van der Waals surface area contributed by atoms with E-state index in [1.54, 1.807) is 46.1 Å². The zero-order valence-electron chi connectivity index (χ0n) is 20.7. The Kier molecular flexibility index (Phi) is 5.67. The molecule has 8 nitrogen and oxygen atoms in total. The molecule has 6 rings (SSSR count). The zero-order valence-corrected chi connectivity index (χ0v) is 20.7. The minimum atomic E-state index is -1.03. The number of hydrogen-bond acceptors (Lipinski definition) is 5. The van der Waals surface area contributed by atoms with Crippen molar-refractivity contribution in [2.45, 2.75) is 24.3 Å². The molecule has 2 atom stereocenters. The summed E-state index contributed by atoms with van der Waals surface area (Å²) in [6, 6.07) is 20.0. The molecule has 1 fully saturated rings. The molecule has 37 heavy (non-hydrogen) atoms. The summed E-state index contributed by atoms with van der Waals surface area (Å²) in [4.78, 5) is 50.7. The molecule has 0 aliphatic carbocycles. The highest BCUT2D eigenvalue weighted by Gasteiger charge is 2.62. The Morgan fingerprint density at radius 3 is 2.70 bits per heavy atom. The van der Waals surface area contributed by atoms with Crippen LogP contribution < -0.4 is 9.64 Å². The fourth-order valence-corrected chi connectivity index (χ4v) is 6.01. The van der Waals surface area contributed by atoms with Crippen molar-refractivity contribution in [3.8, 4) is 5.75 Å². The molecule has 0 N–H and O–H groups in total. The molecule has 0 radical (unpaired) electrons. The summed E-state index contributed by atoms with van der Waals surface area (Å²) in [6.07, 6.45) is 2.70. The van der Waals surface area contributed by atoms with Gasteiger partial charge in [0.15, 0.2) is 0 Å². The molecule has 4 heterocycles. The van der Waals surface area contributed by atoms with Crippen molar-refractivity contribution in [3.05, 3.63) is 89.7 Å². The molecule has 0 unspecified atom stereocenters. The SMILES string of the molecule is CN1CCCOc2cccc(c2)[C@@H]2N(C(=O)c3ccccn3)CC[C@]23C(=O)N(CC1=O)c1ccccc13. The van der Waals surface area contributed by atoms with Crippen molar-refractivity contribution in [2.75, 3.05) is 38.2 Å². The van der Waals surface area contributed by atoms with Gasteiger partial charge < -0.3 is 19.4 Å². The van der Waals surface area contributed by atoms with Crippen LogP contribution in [0.15, 0.2) is 72.9 Å². The standard InChI is InChI=1S/C29H28N4O4/c1-31-15-7-17-37-21-9-6-8-20(18-21)26-29(13-16-32(26)27(35)23-11-4-5-14-30-23)22-10-2-3-12-24(22)33(28(29)36)19-25(31)34/h2-6,8-12,14,18,26H,7,13,15-17,19H2,1H3/t26-,29+/m0/s1. The van der Waals surface area contributed by atoms with Crippen LogP contribution >= 0.6 is 0 Å². The third kappa shape index (κ3) is 3.66. The molecule has 0 saturated carbocycles. The molecule has 3 aliphatic heterocycles. The van der Waals surface area contributed by atoms with Gasteiger partial charge >= 0.3 is 0 Å². The molecule has 1 spiro atoms. The molecule has 188 valence electrons. The number of carbonyl (C=O) groups excluding carboxylic acids is 3. The van der Waals surface area contributed by atoms with Gasteiger partial charge in [-0.3, -0.25) is 19.4 Å². The highest BCUT2D eigenvalue weighted by atomic mass is 16.5. The molecule has 8 heteroatoms. The number of carbonyl (C=O) groups is 3. The minimum Gasteiger partial charge on any atom is -0.494 e. The van der Waals surface area contributed by atoms with E-state index < -0.39 is 11.5 Å². The highest BCUT2D eigenvalue weighted by molar-refractivity contribution is 6.12. The molecular weight excluding hydrogens is 468 g/mol. The third-order valence-electron chi connectivity index (χ3n) is 7.77. The van der Waals surface area contributed by atoms with Crippen molar-refractivity contribution in [2.24, 2.45) is 0 Å². The van der Waals surface area contributed by atoms with Crippen molar-refractivity contribution >= 4 is 23.4 Å². The smallest absolute Gasteiger partial charge is 0.273 e. The van der Waals surface area contributed by atoms with Crippen LogP contribution in [-0.2, 0) is 15.0 Å². The van der Waals surface area contributed by atoms with Crippen LogP contribution in [0.25, 0.3) is 0 Å². The molecular formula is C29H28N4O4. The first-order valence-corrected chi connectivity index (χ1v) is 12.6. The molecule has 3 aliphatic rings. The number of aromatic nitrogens is 1. The van der Waals surface area contributed by atoms with Crippen LogP contribution in [0.3, 0.4) is 0 Å². The molecule has 3 amide bonds. The predicted octanol–water partition coefficient (Wildman–Crippen LogP) is 3.19. The number of ether oxygens (including phenoxy) is 1. The average Bonchev–Trinajstić information content (AvgIpc) is 3.44. The number of pyridine rings is 1. The lowest BCUT2D eigenvalue weighted by atomic mass is 9.72. The van der Waals surface area contributed by atoms with Crippen molar-refractivity contribution in [3.63, 3.8) is 0 Å². The average molecular weight is 497 g/mol. The summed E-state index contributed by atoms with van der Waals surface area (Å²) in [5.74, 6) is 0.160. The van der Waals surface area contributed by atoms with Gasteiger partial charge in [-0.15, -0.1) is 0 Å². The van der Waals surface area contributed by atoms with Crippen LogP contribution in [0, 0.1) is 0 Å². The van der Waals surface area contributed by atoms with E-state index in [-0.39, 0.29) is 24.3 Å². The Bertz CT molecular complexity index is 1380. The normalized spacial score (nSPS) is 23.3. The van der Waals surface area contributed by atoms with Crippen molar-refractivity contribution in [1.29, 1.82) is 0 Å². The number of hydrogen-bond donors (Lipinski definition) is 0. The second-order valence-electron chi connectivity index (χ2n) is 9.84. The van der Waals surface area contributed by atoms with Crippen LogP contribution in [0.1, 0.15) is 40.5 Å². The van der Waals surface area contributed by atoms with Crippen LogP contribution in [0.2, 0.25) is 0 Å². The van der Waals surface area contributed by atoms with E-state index in [0.29, 0.717) is 44.0 Å². The van der Waals surface area contributed by atoms with Crippen LogP contribution in [0.4, 0.5) is 5.69 Å². The highest BCUT2D eigenvalue weighted by Crippen LogP contribution is 2.57. The van der Waals surface area contributed by atoms with Crippen LogP contribution in [0.5, 0.6) is 5.75 Å². The quantitative estimate of drug-likeness (QED) is 0.517.